The van der Waals surface area contributed by atoms with E-state index in [1.54, 1.807) is 0 Å². The van der Waals surface area contributed by atoms with Crippen LogP contribution >= 0.6 is 0 Å². The van der Waals surface area contributed by atoms with Crippen molar-refractivity contribution in [2.75, 3.05) is 0 Å². The molecular weight excluding hydrogens is 228 g/mol. The minimum Gasteiger partial charge on any atom is -0.390 e. The number of ether oxygens (including phenoxy) is 2. The quantitative estimate of drug-likeness (QED) is 0.843. The van der Waals surface area contributed by atoms with Crippen molar-refractivity contribution in [3.63, 3.8) is 0 Å². The maximum absolute atomic E-state index is 10.3. The van der Waals surface area contributed by atoms with Crippen molar-refractivity contribution in [1.82, 2.24) is 0 Å². The van der Waals surface area contributed by atoms with Gasteiger partial charge in [-0.25, -0.2) is 0 Å². The highest BCUT2D eigenvalue weighted by Crippen LogP contribution is 2.39. The summed E-state index contributed by atoms with van der Waals surface area (Å²) in [6.07, 6.45) is 2.33. The summed E-state index contributed by atoms with van der Waals surface area (Å²) in [6, 6.07) is 0. The molecule has 1 N–H and O–H groups in total. The average Bonchev–Trinajstić information content (AvgIpc) is 2.75. The van der Waals surface area contributed by atoms with E-state index in [4.69, 9.17) is 9.47 Å². The summed E-state index contributed by atoms with van der Waals surface area (Å²) in [5.41, 5.74) is 0. The molecule has 18 heavy (non-hydrogen) atoms. The van der Waals surface area contributed by atoms with Crippen LogP contribution in [0, 0.1) is 17.8 Å². The van der Waals surface area contributed by atoms with Crippen molar-refractivity contribution in [2.24, 2.45) is 17.8 Å². The zero-order valence-corrected chi connectivity index (χ0v) is 12.3. The Morgan fingerprint density at radius 3 is 2.00 bits per heavy atom. The fourth-order valence-electron chi connectivity index (χ4n) is 3.54. The monoisotopic (exact) mass is 256 g/mol. The molecule has 0 aliphatic carbocycles. The first kappa shape index (κ1) is 14.3. The summed E-state index contributed by atoms with van der Waals surface area (Å²) in [4.78, 5) is 0. The predicted octanol–water partition coefficient (Wildman–Crippen LogP) is 2.61. The van der Waals surface area contributed by atoms with Crippen molar-refractivity contribution in [1.29, 1.82) is 0 Å². The van der Waals surface area contributed by atoms with Gasteiger partial charge in [-0.05, 0) is 38.5 Å². The highest BCUT2D eigenvalue weighted by molar-refractivity contribution is 4.93. The topological polar surface area (TPSA) is 38.7 Å². The van der Waals surface area contributed by atoms with Gasteiger partial charge in [0, 0.05) is 5.92 Å². The van der Waals surface area contributed by atoms with Gasteiger partial charge >= 0.3 is 0 Å². The minimum absolute atomic E-state index is 0.0356. The molecule has 2 unspecified atom stereocenters. The Bertz CT molecular complexity index is 281. The molecule has 8 atom stereocenters. The molecule has 0 spiro atoms. The van der Waals surface area contributed by atoms with E-state index in [9.17, 15) is 5.11 Å². The lowest BCUT2D eigenvalue weighted by Crippen LogP contribution is -2.31. The molecule has 2 saturated heterocycles. The van der Waals surface area contributed by atoms with Crippen LogP contribution < -0.4 is 0 Å². The summed E-state index contributed by atoms with van der Waals surface area (Å²) in [6.45, 7) is 10.8. The van der Waals surface area contributed by atoms with Gasteiger partial charge in [0.2, 0.25) is 0 Å². The lowest BCUT2D eigenvalue weighted by Gasteiger charge is -2.25. The number of hydrogen-bond donors (Lipinski definition) is 1. The SMILES string of the molecule is CC[C@H]1O[C@@H](C)C(O)[C@H]1C[C@H]1O[C@@H](C)C(C)[C@H]1C. The molecule has 0 aromatic carbocycles. The molecule has 2 aliphatic rings. The molecule has 2 heterocycles. The Balaban J connectivity index is 2.00. The van der Waals surface area contributed by atoms with E-state index in [1.807, 2.05) is 6.92 Å². The van der Waals surface area contributed by atoms with E-state index in [0.717, 1.165) is 12.8 Å². The van der Waals surface area contributed by atoms with Crippen LogP contribution in [0.3, 0.4) is 0 Å². The van der Waals surface area contributed by atoms with Crippen LogP contribution in [-0.4, -0.2) is 35.6 Å². The van der Waals surface area contributed by atoms with E-state index in [2.05, 4.69) is 27.7 Å². The Morgan fingerprint density at radius 2 is 1.50 bits per heavy atom. The molecule has 3 nitrogen and oxygen atoms in total. The third-order valence-electron chi connectivity index (χ3n) is 5.24. The summed E-state index contributed by atoms with van der Waals surface area (Å²) in [7, 11) is 0. The van der Waals surface area contributed by atoms with Gasteiger partial charge in [-0.3, -0.25) is 0 Å². The van der Waals surface area contributed by atoms with Crippen LogP contribution in [0.15, 0.2) is 0 Å². The van der Waals surface area contributed by atoms with Crippen LogP contribution in [0.2, 0.25) is 0 Å². The van der Waals surface area contributed by atoms with Crippen molar-refractivity contribution in [3.8, 4) is 0 Å². The number of rotatable bonds is 3. The highest BCUT2D eigenvalue weighted by Gasteiger charge is 2.45. The second kappa shape index (κ2) is 5.48. The van der Waals surface area contributed by atoms with Crippen LogP contribution in [0.25, 0.3) is 0 Å². The molecule has 3 heteroatoms. The summed E-state index contributed by atoms with van der Waals surface area (Å²) < 4.78 is 11.9. The van der Waals surface area contributed by atoms with E-state index in [-0.39, 0.29) is 30.3 Å². The van der Waals surface area contributed by atoms with Crippen molar-refractivity contribution in [3.05, 3.63) is 0 Å². The van der Waals surface area contributed by atoms with Crippen molar-refractivity contribution in [2.45, 2.75) is 78.0 Å². The fraction of sp³-hybridized carbons (Fsp3) is 1.00. The number of aliphatic hydroxyl groups excluding tert-OH is 1. The van der Waals surface area contributed by atoms with Gasteiger partial charge in [0.1, 0.15) is 0 Å². The smallest absolute Gasteiger partial charge is 0.0853 e. The van der Waals surface area contributed by atoms with Gasteiger partial charge in [0.25, 0.3) is 0 Å². The third kappa shape index (κ3) is 2.45. The minimum atomic E-state index is -0.336. The number of hydrogen-bond acceptors (Lipinski definition) is 3. The molecular formula is C15H28O3. The maximum Gasteiger partial charge on any atom is 0.0853 e. The largest absolute Gasteiger partial charge is 0.390 e. The lowest BCUT2D eigenvalue weighted by molar-refractivity contribution is 0.00441. The van der Waals surface area contributed by atoms with Crippen molar-refractivity contribution >= 4 is 0 Å². The molecule has 0 radical (unpaired) electrons. The molecule has 0 aromatic heterocycles. The average molecular weight is 256 g/mol. The summed E-state index contributed by atoms with van der Waals surface area (Å²) >= 11 is 0. The fourth-order valence-corrected chi connectivity index (χ4v) is 3.54. The Labute approximate surface area is 111 Å². The highest BCUT2D eigenvalue weighted by atomic mass is 16.5. The molecule has 2 rings (SSSR count). The van der Waals surface area contributed by atoms with Gasteiger partial charge in [-0.2, -0.15) is 0 Å². The molecule has 106 valence electrons. The van der Waals surface area contributed by atoms with Crippen LogP contribution in [0.5, 0.6) is 0 Å². The van der Waals surface area contributed by atoms with E-state index in [0.29, 0.717) is 17.9 Å². The second-order valence-corrected chi connectivity index (χ2v) is 6.28. The van der Waals surface area contributed by atoms with Gasteiger partial charge in [0.15, 0.2) is 0 Å². The standard InChI is InChI=1S/C15H28O3/c1-6-13-12(15(16)11(5)18-13)7-14-9(3)8(2)10(4)17-14/h8-16H,6-7H2,1-5H3/t8?,9-,10+,11+,12+,13-,14-,15?/m1/s1. The normalized spacial score (nSPS) is 53.0. The Morgan fingerprint density at radius 1 is 0.889 bits per heavy atom. The first-order valence-electron chi connectivity index (χ1n) is 7.44. The summed E-state index contributed by atoms with van der Waals surface area (Å²) in [5, 5.41) is 10.3. The Hall–Kier alpha value is -0.120. The second-order valence-electron chi connectivity index (χ2n) is 6.28. The zero-order valence-electron chi connectivity index (χ0n) is 12.3. The number of aliphatic hydroxyl groups is 1. The van der Waals surface area contributed by atoms with Gasteiger partial charge in [-0.15, -0.1) is 0 Å². The molecule has 2 fully saturated rings. The third-order valence-corrected chi connectivity index (χ3v) is 5.24. The van der Waals surface area contributed by atoms with E-state index >= 15 is 0 Å². The van der Waals surface area contributed by atoms with Gasteiger partial charge < -0.3 is 14.6 Å². The molecule has 0 aromatic rings. The van der Waals surface area contributed by atoms with Crippen LogP contribution in [0.1, 0.15) is 47.5 Å². The molecule has 0 bridgehead atoms. The van der Waals surface area contributed by atoms with Gasteiger partial charge in [-0.1, -0.05) is 20.8 Å². The summed E-state index contributed by atoms with van der Waals surface area (Å²) in [5.74, 6) is 1.41. The van der Waals surface area contributed by atoms with E-state index < -0.39 is 0 Å². The Kier molecular flexibility index (Phi) is 4.35. The molecule has 0 amide bonds. The van der Waals surface area contributed by atoms with Crippen LogP contribution in [-0.2, 0) is 9.47 Å². The predicted molar refractivity (Wildman–Crippen MR) is 71.4 cm³/mol. The zero-order chi connectivity index (χ0) is 13.4. The first-order chi connectivity index (χ1) is 8.45. The van der Waals surface area contributed by atoms with Crippen LogP contribution in [0.4, 0.5) is 0 Å². The van der Waals surface area contributed by atoms with Crippen molar-refractivity contribution < 1.29 is 14.6 Å². The lowest BCUT2D eigenvalue weighted by atomic mass is 9.83. The molecule has 0 saturated carbocycles. The first-order valence-corrected chi connectivity index (χ1v) is 7.44. The van der Waals surface area contributed by atoms with Gasteiger partial charge in [0.05, 0.1) is 30.5 Å². The maximum atomic E-state index is 10.3. The molecule has 2 aliphatic heterocycles. The van der Waals surface area contributed by atoms with E-state index in [1.165, 1.54) is 0 Å².